The number of nitrogens with one attached hydrogen (secondary N) is 1. The average Bonchev–Trinajstić information content (AvgIpc) is 3.39. The summed E-state index contributed by atoms with van der Waals surface area (Å²) >= 11 is 0.319. The van der Waals surface area contributed by atoms with E-state index in [1.54, 1.807) is 0 Å². The molecule has 0 atom stereocenters. The van der Waals surface area contributed by atoms with Crippen molar-refractivity contribution in [1.82, 2.24) is 9.29 Å². The highest BCUT2D eigenvalue weighted by Crippen LogP contribution is 2.39. The van der Waals surface area contributed by atoms with Gasteiger partial charge in [0.2, 0.25) is 5.88 Å². The zero-order chi connectivity index (χ0) is 29.6. The number of hydrogen-bond acceptors (Lipinski definition) is 8. The molecule has 0 fully saturated rings. The maximum atomic E-state index is 13.9. The molecule has 0 radical (unpaired) electrons. The quantitative estimate of drug-likeness (QED) is 0.361. The lowest BCUT2D eigenvalue weighted by atomic mass is 9.94. The predicted octanol–water partition coefficient (Wildman–Crippen LogP) is 1.38. The Morgan fingerprint density at radius 1 is 1.07 bits per heavy atom. The molecule has 3 aromatic rings. The predicted molar refractivity (Wildman–Crippen MR) is 129 cm³/mol. The van der Waals surface area contributed by atoms with Crippen LogP contribution in [0, 0.1) is 0 Å². The average molecular weight is 608 g/mol. The number of aromatic nitrogens is 1. The maximum absolute atomic E-state index is 13.9. The molecule has 40 heavy (non-hydrogen) atoms. The summed E-state index contributed by atoms with van der Waals surface area (Å²) < 4.78 is 105. The SMILES string of the molecule is NS(=O)(=O)NC(=O)Cn1c(O)c(C(Cc2ccc(C(F)(F)F)cc2C(F)(F)F)=c2ccc3c(c2)C=NN=3)sc1=O. The van der Waals surface area contributed by atoms with Gasteiger partial charge in [-0.2, -0.15) is 45.0 Å². The highest BCUT2D eigenvalue weighted by molar-refractivity contribution is 7.87. The van der Waals surface area contributed by atoms with Crippen molar-refractivity contribution in [1.29, 1.82) is 0 Å². The Bertz CT molecular complexity index is 1840. The summed E-state index contributed by atoms with van der Waals surface area (Å²) in [5, 5.41) is 23.7. The molecule has 1 aliphatic heterocycles. The van der Waals surface area contributed by atoms with Crippen molar-refractivity contribution in [3.63, 3.8) is 0 Å². The Balaban J connectivity index is 1.92. The molecular weight excluding hydrogens is 592 g/mol. The van der Waals surface area contributed by atoms with Crippen molar-refractivity contribution in [2.45, 2.75) is 25.3 Å². The molecule has 4 rings (SSSR count). The van der Waals surface area contributed by atoms with E-state index >= 15 is 0 Å². The molecule has 0 aliphatic carbocycles. The van der Waals surface area contributed by atoms with E-state index in [0.29, 0.717) is 39.0 Å². The van der Waals surface area contributed by atoms with Gasteiger partial charge in [0, 0.05) is 12.0 Å². The largest absolute Gasteiger partial charge is 0.493 e. The number of amides is 1. The highest BCUT2D eigenvalue weighted by atomic mass is 32.2. The first-order valence-corrected chi connectivity index (χ1v) is 13.1. The second-order valence-corrected chi connectivity index (χ2v) is 10.6. The summed E-state index contributed by atoms with van der Waals surface area (Å²) in [5.74, 6) is -2.20. The number of nitrogens with zero attached hydrogens (tertiary/aromatic N) is 3. The molecular formula is C22H15F6N5O5S2. The summed E-state index contributed by atoms with van der Waals surface area (Å²) in [6.45, 7) is -1.02. The van der Waals surface area contributed by atoms with E-state index in [0.717, 1.165) is 0 Å². The van der Waals surface area contributed by atoms with E-state index in [9.17, 15) is 49.5 Å². The third-order valence-electron chi connectivity index (χ3n) is 5.55. The smallest absolute Gasteiger partial charge is 0.416 e. The fourth-order valence-corrected chi connectivity index (χ4v) is 5.16. The summed E-state index contributed by atoms with van der Waals surface area (Å²) in [5.41, 5.74) is -3.40. The van der Waals surface area contributed by atoms with E-state index < -0.39 is 68.9 Å². The lowest BCUT2D eigenvalue weighted by Gasteiger charge is -2.17. The van der Waals surface area contributed by atoms with Crippen molar-refractivity contribution in [2.75, 3.05) is 0 Å². The molecule has 2 aromatic carbocycles. The van der Waals surface area contributed by atoms with Crippen LogP contribution in [0.25, 0.3) is 5.57 Å². The third-order valence-corrected chi connectivity index (χ3v) is 7.09. The number of halogens is 6. The van der Waals surface area contributed by atoms with Crippen LogP contribution in [0.4, 0.5) is 26.3 Å². The Morgan fingerprint density at radius 2 is 1.77 bits per heavy atom. The minimum atomic E-state index is -5.20. The van der Waals surface area contributed by atoms with Gasteiger partial charge in [-0.25, -0.2) is 9.86 Å². The summed E-state index contributed by atoms with van der Waals surface area (Å²) in [6, 6.07) is 5.36. The summed E-state index contributed by atoms with van der Waals surface area (Å²) in [6.07, 6.45) is -9.63. The first kappa shape index (κ1) is 29.0. The standard InChI is InChI=1S/C22H15F6N5O5S2/c23-21(24,25)13-3-1-11(15(7-13)22(26,27)28)6-14(10-2-4-16-12(5-10)8-30-31-16)18-19(35)33(20(36)39-18)9-17(34)32-40(29,37)38/h1-5,7-8,35H,6,9H2,(H,32,34)(H2,29,37,38). The number of thiazole rings is 1. The molecule has 10 nitrogen and oxygen atoms in total. The molecule has 4 N–H and O–H groups in total. The number of carbonyl (C=O) groups excluding carboxylic acids is 1. The molecule has 0 bridgehead atoms. The van der Waals surface area contributed by atoms with Crippen LogP contribution in [-0.2, 0) is 40.3 Å². The maximum Gasteiger partial charge on any atom is 0.416 e. The first-order valence-electron chi connectivity index (χ1n) is 10.7. The van der Waals surface area contributed by atoms with Gasteiger partial charge in [-0.15, -0.1) is 0 Å². The molecule has 2 heterocycles. The summed E-state index contributed by atoms with van der Waals surface area (Å²) in [7, 11) is -4.51. The fraction of sp³-hybridized carbons (Fsp3) is 0.182. The van der Waals surface area contributed by atoms with Crippen LogP contribution in [0.1, 0.15) is 27.1 Å². The highest BCUT2D eigenvalue weighted by Gasteiger charge is 2.38. The van der Waals surface area contributed by atoms with Crippen LogP contribution in [0.15, 0.2) is 51.4 Å². The molecule has 1 amide bonds. The van der Waals surface area contributed by atoms with E-state index in [4.69, 9.17) is 5.14 Å². The van der Waals surface area contributed by atoms with Crippen LogP contribution >= 0.6 is 11.3 Å². The van der Waals surface area contributed by atoms with Crippen LogP contribution in [-0.4, -0.2) is 30.2 Å². The van der Waals surface area contributed by atoms with Gasteiger partial charge in [0.05, 0.1) is 27.6 Å². The zero-order valence-electron chi connectivity index (χ0n) is 19.5. The van der Waals surface area contributed by atoms with Crippen molar-refractivity contribution in [3.05, 3.63) is 83.8 Å². The lowest BCUT2D eigenvalue weighted by molar-refractivity contribution is -0.143. The zero-order valence-corrected chi connectivity index (χ0v) is 21.2. The lowest BCUT2D eigenvalue weighted by Crippen LogP contribution is -2.39. The van der Waals surface area contributed by atoms with Crippen LogP contribution < -0.4 is 25.3 Å². The van der Waals surface area contributed by atoms with Gasteiger partial charge in [0.25, 0.3) is 16.1 Å². The Kier molecular flexibility index (Phi) is 7.37. The second-order valence-electron chi connectivity index (χ2n) is 8.32. The van der Waals surface area contributed by atoms with Gasteiger partial charge in [0.1, 0.15) is 6.54 Å². The van der Waals surface area contributed by atoms with Crippen molar-refractivity contribution in [3.8, 4) is 5.88 Å². The Morgan fingerprint density at radius 3 is 2.40 bits per heavy atom. The normalized spacial score (nSPS) is 14.1. The third kappa shape index (κ3) is 6.23. The number of benzene rings is 2. The van der Waals surface area contributed by atoms with E-state index in [1.807, 2.05) is 0 Å². The number of nitrogens with two attached hydrogens (primary N) is 1. The number of alkyl halides is 6. The Hall–Kier alpha value is -4.03. The number of aromatic hydroxyl groups is 1. The van der Waals surface area contributed by atoms with Crippen LogP contribution in [0.5, 0.6) is 5.88 Å². The van der Waals surface area contributed by atoms with E-state index in [2.05, 4.69) is 10.2 Å². The molecule has 0 spiro atoms. The van der Waals surface area contributed by atoms with Gasteiger partial charge < -0.3 is 5.11 Å². The topological polar surface area (TPSA) is 156 Å². The van der Waals surface area contributed by atoms with Gasteiger partial charge in [0.15, 0.2) is 0 Å². The number of carbonyl (C=O) groups is 1. The second kappa shape index (κ2) is 10.2. The van der Waals surface area contributed by atoms with Crippen molar-refractivity contribution in [2.24, 2.45) is 15.3 Å². The van der Waals surface area contributed by atoms with Gasteiger partial charge in [-0.3, -0.25) is 14.2 Å². The number of hydrogen-bond donors (Lipinski definition) is 3. The van der Waals surface area contributed by atoms with Crippen molar-refractivity contribution < 1.29 is 44.7 Å². The van der Waals surface area contributed by atoms with Gasteiger partial charge in [-0.1, -0.05) is 23.5 Å². The van der Waals surface area contributed by atoms with Crippen LogP contribution in [0.3, 0.4) is 0 Å². The van der Waals surface area contributed by atoms with Crippen molar-refractivity contribution >= 4 is 39.2 Å². The summed E-state index contributed by atoms with van der Waals surface area (Å²) in [4.78, 5) is 23.3. The molecule has 212 valence electrons. The van der Waals surface area contributed by atoms with E-state index in [-0.39, 0.29) is 21.7 Å². The fourth-order valence-electron chi connectivity index (χ4n) is 3.83. The Labute approximate surface area is 223 Å². The molecule has 18 heteroatoms. The van der Waals surface area contributed by atoms with Crippen LogP contribution in [0.2, 0.25) is 0 Å². The number of rotatable bonds is 6. The van der Waals surface area contributed by atoms with Gasteiger partial charge in [-0.05, 0) is 40.6 Å². The minimum absolute atomic E-state index is 0.0355. The number of fused-ring (bicyclic) bond motifs is 1. The molecule has 1 aliphatic rings. The molecule has 0 saturated heterocycles. The molecule has 0 saturated carbocycles. The molecule has 1 aromatic heterocycles. The molecule has 0 unspecified atom stereocenters. The van der Waals surface area contributed by atoms with E-state index in [1.165, 1.54) is 29.1 Å². The van der Waals surface area contributed by atoms with Gasteiger partial charge >= 0.3 is 17.2 Å². The monoisotopic (exact) mass is 607 g/mol. The minimum Gasteiger partial charge on any atom is -0.493 e. The first-order chi connectivity index (χ1) is 18.4.